The quantitative estimate of drug-likeness (QED) is 0.642. The van der Waals surface area contributed by atoms with Crippen LogP contribution in [0.4, 0.5) is 15.8 Å². The van der Waals surface area contributed by atoms with Crippen LogP contribution in [0.1, 0.15) is 12.8 Å². The van der Waals surface area contributed by atoms with Gasteiger partial charge in [0.2, 0.25) is 0 Å². The molecule has 6 nitrogen and oxygen atoms in total. The number of ether oxygens (including phenoxy) is 1. The van der Waals surface area contributed by atoms with Gasteiger partial charge >= 0.3 is 0 Å². The Balaban J connectivity index is 2.01. The summed E-state index contributed by atoms with van der Waals surface area (Å²) in [5.41, 5.74) is -1.08. The molecule has 1 aliphatic rings. The maximum Gasteiger partial charge on any atom is 0.272 e. The van der Waals surface area contributed by atoms with Crippen LogP contribution in [0.3, 0.4) is 0 Å². The van der Waals surface area contributed by atoms with Crippen LogP contribution in [0.2, 0.25) is 0 Å². The van der Waals surface area contributed by atoms with Crippen molar-refractivity contribution in [1.82, 2.24) is 0 Å². The van der Waals surface area contributed by atoms with Crippen LogP contribution in [-0.4, -0.2) is 35.4 Å². The summed E-state index contributed by atoms with van der Waals surface area (Å²) >= 11 is 0. The predicted octanol–water partition coefficient (Wildman–Crippen LogP) is 1.69. The van der Waals surface area contributed by atoms with Gasteiger partial charge in [0, 0.05) is 38.7 Å². The normalized spacial score (nSPS) is 18.0. The molecule has 2 rings (SSSR count). The second-order valence-corrected chi connectivity index (χ2v) is 4.61. The van der Waals surface area contributed by atoms with Gasteiger partial charge < -0.3 is 15.2 Å². The van der Waals surface area contributed by atoms with Gasteiger partial charge in [-0.25, -0.2) is 4.39 Å². The maximum absolute atomic E-state index is 13.6. The summed E-state index contributed by atoms with van der Waals surface area (Å²) < 4.78 is 18.8. The highest BCUT2D eigenvalue weighted by Crippen LogP contribution is 2.24. The van der Waals surface area contributed by atoms with Gasteiger partial charge in [0.1, 0.15) is 0 Å². The number of hydrogen-bond acceptors (Lipinski definition) is 5. The second-order valence-electron chi connectivity index (χ2n) is 4.61. The third-order valence-electron chi connectivity index (χ3n) is 3.19. The minimum absolute atomic E-state index is 0.144. The zero-order valence-electron chi connectivity index (χ0n) is 10.3. The van der Waals surface area contributed by atoms with Crippen molar-refractivity contribution in [1.29, 1.82) is 0 Å². The molecule has 0 spiro atoms. The third-order valence-corrected chi connectivity index (χ3v) is 3.19. The number of benzene rings is 1. The standard InChI is InChI=1S/C12H15FN2O4/c13-10-7-9(15(17)18)1-2-11(10)14-8-12(16)3-5-19-6-4-12/h1-2,7,14,16H,3-6,8H2. The van der Waals surface area contributed by atoms with Gasteiger partial charge in [0.25, 0.3) is 5.69 Å². The first kappa shape index (κ1) is 13.7. The molecule has 1 saturated heterocycles. The van der Waals surface area contributed by atoms with E-state index in [0.717, 1.165) is 6.07 Å². The Hall–Kier alpha value is -1.73. The van der Waals surface area contributed by atoms with E-state index in [2.05, 4.69) is 5.32 Å². The minimum atomic E-state index is -0.924. The molecule has 1 heterocycles. The van der Waals surface area contributed by atoms with E-state index in [1.165, 1.54) is 12.1 Å². The monoisotopic (exact) mass is 270 g/mol. The van der Waals surface area contributed by atoms with Crippen LogP contribution in [0.5, 0.6) is 0 Å². The van der Waals surface area contributed by atoms with Crippen LogP contribution in [-0.2, 0) is 4.74 Å². The Kier molecular flexibility index (Phi) is 3.96. The lowest BCUT2D eigenvalue weighted by molar-refractivity contribution is -0.385. The molecule has 7 heteroatoms. The second kappa shape index (κ2) is 5.50. The van der Waals surface area contributed by atoms with E-state index in [4.69, 9.17) is 4.74 Å². The zero-order valence-corrected chi connectivity index (χ0v) is 10.3. The molecule has 2 N–H and O–H groups in total. The maximum atomic E-state index is 13.6. The predicted molar refractivity (Wildman–Crippen MR) is 66.5 cm³/mol. The fourth-order valence-corrected chi connectivity index (χ4v) is 1.95. The number of rotatable bonds is 4. The average molecular weight is 270 g/mol. The highest BCUT2D eigenvalue weighted by molar-refractivity contribution is 5.50. The topological polar surface area (TPSA) is 84.6 Å². The van der Waals surface area contributed by atoms with Crippen LogP contribution >= 0.6 is 0 Å². The van der Waals surface area contributed by atoms with Gasteiger partial charge in [-0.3, -0.25) is 10.1 Å². The number of nitrogens with zero attached hydrogens (tertiary/aromatic N) is 1. The molecule has 0 amide bonds. The molecule has 19 heavy (non-hydrogen) atoms. The molecular formula is C12H15FN2O4. The number of non-ortho nitro benzene ring substituents is 1. The molecule has 0 saturated carbocycles. The van der Waals surface area contributed by atoms with E-state index < -0.39 is 16.3 Å². The fraction of sp³-hybridized carbons (Fsp3) is 0.500. The Morgan fingerprint density at radius 2 is 2.16 bits per heavy atom. The van der Waals surface area contributed by atoms with Gasteiger partial charge in [-0.05, 0) is 6.07 Å². The zero-order chi connectivity index (χ0) is 13.9. The van der Waals surface area contributed by atoms with E-state index in [9.17, 15) is 19.6 Å². The van der Waals surface area contributed by atoms with E-state index in [-0.39, 0.29) is 17.9 Å². The number of nitro benzene ring substituents is 1. The molecule has 0 atom stereocenters. The largest absolute Gasteiger partial charge is 0.388 e. The van der Waals surface area contributed by atoms with Crippen LogP contribution < -0.4 is 5.32 Å². The molecule has 0 aromatic heterocycles. The van der Waals surface area contributed by atoms with E-state index >= 15 is 0 Å². The van der Waals surface area contributed by atoms with Crippen molar-refractivity contribution in [3.63, 3.8) is 0 Å². The molecule has 104 valence electrons. The van der Waals surface area contributed by atoms with Crippen LogP contribution in [0.15, 0.2) is 18.2 Å². The lowest BCUT2D eigenvalue weighted by Crippen LogP contribution is -2.42. The van der Waals surface area contributed by atoms with Gasteiger partial charge in [-0.2, -0.15) is 0 Å². The first-order valence-electron chi connectivity index (χ1n) is 5.98. The fourth-order valence-electron chi connectivity index (χ4n) is 1.95. The van der Waals surface area contributed by atoms with Gasteiger partial charge in [-0.1, -0.05) is 0 Å². The summed E-state index contributed by atoms with van der Waals surface area (Å²) in [5, 5.41) is 23.5. The summed E-state index contributed by atoms with van der Waals surface area (Å²) in [6, 6.07) is 3.38. The van der Waals surface area contributed by atoms with E-state index in [1.54, 1.807) is 0 Å². The summed E-state index contributed by atoms with van der Waals surface area (Å²) in [6.07, 6.45) is 0.962. The highest BCUT2D eigenvalue weighted by Gasteiger charge is 2.29. The van der Waals surface area contributed by atoms with Crippen molar-refractivity contribution in [3.05, 3.63) is 34.1 Å². The molecule has 1 fully saturated rings. The summed E-state index contributed by atoms with van der Waals surface area (Å²) in [4.78, 5) is 9.83. The van der Waals surface area contributed by atoms with Crippen molar-refractivity contribution in [2.45, 2.75) is 18.4 Å². The molecular weight excluding hydrogens is 255 g/mol. The molecule has 1 aromatic carbocycles. The molecule has 0 bridgehead atoms. The van der Waals surface area contributed by atoms with E-state index in [1.807, 2.05) is 0 Å². The number of aliphatic hydroxyl groups is 1. The Labute approximate surface area is 109 Å². The SMILES string of the molecule is O=[N+]([O-])c1ccc(NCC2(O)CCOCC2)c(F)c1. The lowest BCUT2D eigenvalue weighted by Gasteiger charge is -2.32. The minimum Gasteiger partial charge on any atom is -0.388 e. The Morgan fingerprint density at radius 3 is 2.74 bits per heavy atom. The van der Waals surface area contributed by atoms with Crippen LogP contribution in [0, 0.1) is 15.9 Å². The van der Waals surface area contributed by atoms with Gasteiger partial charge in [0.05, 0.1) is 22.3 Å². The summed E-state index contributed by atoms with van der Waals surface area (Å²) in [7, 11) is 0. The number of nitrogens with one attached hydrogen (secondary N) is 1. The Morgan fingerprint density at radius 1 is 1.47 bits per heavy atom. The first-order valence-corrected chi connectivity index (χ1v) is 5.98. The molecule has 1 aliphatic heterocycles. The van der Waals surface area contributed by atoms with Crippen molar-refractivity contribution >= 4 is 11.4 Å². The van der Waals surface area contributed by atoms with Crippen molar-refractivity contribution in [3.8, 4) is 0 Å². The van der Waals surface area contributed by atoms with Crippen molar-refractivity contribution in [2.24, 2.45) is 0 Å². The third kappa shape index (κ3) is 3.39. The summed E-state index contributed by atoms with van der Waals surface area (Å²) in [6.45, 7) is 1.13. The molecule has 0 unspecified atom stereocenters. The highest BCUT2D eigenvalue weighted by atomic mass is 19.1. The lowest BCUT2D eigenvalue weighted by atomic mass is 9.94. The molecule has 1 aromatic rings. The van der Waals surface area contributed by atoms with Crippen molar-refractivity contribution in [2.75, 3.05) is 25.1 Å². The number of halogens is 1. The molecule has 0 radical (unpaired) electrons. The average Bonchev–Trinajstić information content (AvgIpc) is 2.38. The smallest absolute Gasteiger partial charge is 0.272 e. The number of anilines is 1. The van der Waals surface area contributed by atoms with E-state index in [0.29, 0.717) is 26.1 Å². The first-order chi connectivity index (χ1) is 9.00. The number of hydrogen-bond donors (Lipinski definition) is 2. The van der Waals surface area contributed by atoms with Gasteiger partial charge in [0.15, 0.2) is 5.82 Å². The Bertz CT molecular complexity index is 475. The number of nitro groups is 1. The van der Waals surface area contributed by atoms with Gasteiger partial charge in [-0.15, -0.1) is 0 Å². The van der Waals surface area contributed by atoms with Crippen molar-refractivity contribution < 1.29 is 19.2 Å². The summed E-state index contributed by atoms with van der Waals surface area (Å²) in [5.74, 6) is -0.704. The van der Waals surface area contributed by atoms with Crippen LogP contribution in [0.25, 0.3) is 0 Å². The molecule has 0 aliphatic carbocycles.